The Morgan fingerprint density at radius 1 is 1.42 bits per heavy atom. The van der Waals surface area contributed by atoms with E-state index < -0.39 is 0 Å². The van der Waals surface area contributed by atoms with Gasteiger partial charge in [-0.05, 0) is 30.5 Å². The number of benzene rings is 1. The Kier molecular flexibility index (Phi) is 4.86. The summed E-state index contributed by atoms with van der Waals surface area (Å²) < 4.78 is 13.5. The number of thioether (sulfide) groups is 1. The van der Waals surface area contributed by atoms with Crippen LogP contribution in [-0.2, 0) is 0 Å². The minimum absolute atomic E-state index is 0.176. The molecule has 1 atom stereocenters. The summed E-state index contributed by atoms with van der Waals surface area (Å²) in [5.74, 6) is 0.535. The van der Waals surface area contributed by atoms with E-state index in [9.17, 15) is 4.39 Å². The van der Waals surface area contributed by atoms with Gasteiger partial charge in [-0.15, -0.1) is 0 Å². The predicted octanol–water partition coefficient (Wildman–Crippen LogP) is 4.45. The first kappa shape index (κ1) is 14.4. The Morgan fingerprint density at radius 2 is 2.16 bits per heavy atom. The quantitative estimate of drug-likeness (QED) is 0.881. The number of aryl methyl sites for hydroxylation is 1. The molecule has 1 aromatic rings. The minimum atomic E-state index is -0.176. The van der Waals surface area contributed by atoms with Crippen LogP contribution in [0.25, 0.3) is 0 Å². The normalized spacial score (nSPS) is 18.8. The van der Waals surface area contributed by atoms with E-state index in [2.05, 4.69) is 24.2 Å². The zero-order valence-electron chi connectivity index (χ0n) is 11.7. The van der Waals surface area contributed by atoms with Crippen molar-refractivity contribution in [2.24, 2.45) is 10.9 Å². The third-order valence-electron chi connectivity index (χ3n) is 3.68. The highest BCUT2D eigenvalue weighted by atomic mass is 32.2. The average molecular weight is 280 g/mol. The van der Waals surface area contributed by atoms with Gasteiger partial charge in [0.2, 0.25) is 0 Å². The van der Waals surface area contributed by atoms with Crippen molar-refractivity contribution in [3.05, 3.63) is 29.6 Å². The second-order valence-corrected chi connectivity index (χ2v) is 6.20. The molecule has 0 amide bonds. The molecular formula is C15H21FN2S. The molecule has 0 fully saturated rings. The molecule has 1 unspecified atom stereocenters. The maximum absolute atomic E-state index is 13.5. The van der Waals surface area contributed by atoms with E-state index in [1.54, 1.807) is 24.8 Å². The van der Waals surface area contributed by atoms with Crippen LogP contribution in [0.5, 0.6) is 0 Å². The fourth-order valence-electron chi connectivity index (χ4n) is 2.31. The average Bonchev–Trinajstić information content (AvgIpc) is 2.84. The van der Waals surface area contributed by atoms with Crippen molar-refractivity contribution < 1.29 is 4.39 Å². The van der Waals surface area contributed by atoms with Crippen molar-refractivity contribution in [2.45, 2.75) is 38.9 Å². The van der Waals surface area contributed by atoms with Crippen LogP contribution in [0.4, 0.5) is 10.1 Å². The molecule has 1 aromatic carbocycles. The zero-order chi connectivity index (χ0) is 13.8. The van der Waals surface area contributed by atoms with Gasteiger partial charge < -0.3 is 5.32 Å². The lowest BCUT2D eigenvalue weighted by atomic mass is 9.99. The Balaban J connectivity index is 1.96. The molecule has 104 valence electrons. The van der Waals surface area contributed by atoms with E-state index in [1.807, 2.05) is 6.07 Å². The lowest BCUT2D eigenvalue weighted by molar-refractivity contribution is 0.479. The van der Waals surface area contributed by atoms with Gasteiger partial charge >= 0.3 is 0 Å². The number of rotatable bonds is 4. The highest BCUT2D eigenvalue weighted by Crippen LogP contribution is 2.31. The van der Waals surface area contributed by atoms with Gasteiger partial charge in [-0.2, -0.15) is 0 Å². The molecule has 0 saturated heterocycles. The standard InChI is InChI=1S/C15H21FN2S/c1-4-11(5-2)14-9-17-15(19-14)18-12-7-6-10(3)13(16)8-12/h6-8,11,14H,4-5,9H2,1-3H3,(H,17,18). The summed E-state index contributed by atoms with van der Waals surface area (Å²) in [5.41, 5.74) is 1.45. The van der Waals surface area contributed by atoms with Crippen LogP contribution >= 0.6 is 11.8 Å². The molecule has 0 radical (unpaired) electrons. The van der Waals surface area contributed by atoms with Crippen LogP contribution < -0.4 is 5.32 Å². The van der Waals surface area contributed by atoms with Crippen LogP contribution in [0.1, 0.15) is 32.3 Å². The number of amidine groups is 1. The van der Waals surface area contributed by atoms with Gasteiger partial charge in [0.25, 0.3) is 0 Å². The number of aliphatic imine (C=N–C) groups is 1. The smallest absolute Gasteiger partial charge is 0.161 e. The monoisotopic (exact) mass is 280 g/mol. The fraction of sp³-hybridized carbons (Fsp3) is 0.533. The van der Waals surface area contributed by atoms with Crippen molar-refractivity contribution in [3.63, 3.8) is 0 Å². The van der Waals surface area contributed by atoms with Gasteiger partial charge in [0, 0.05) is 10.9 Å². The maximum Gasteiger partial charge on any atom is 0.161 e. The van der Waals surface area contributed by atoms with E-state index in [-0.39, 0.29) is 5.82 Å². The summed E-state index contributed by atoms with van der Waals surface area (Å²) in [6.07, 6.45) is 2.38. The molecule has 19 heavy (non-hydrogen) atoms. The number of anilines is 1. The molecule has 1 heterocycles. The molecule has 4 heteroatoms. The first-order valence-corrected chi connectivity index (χ1v) is 7.76. The lowest BCUT2D eigenvalue weighted by Crippen LogP contribution is -2.17. The fourth-order valence-corrected chi connectivity index (χ4v) is 3.65. The Morgan fingerprint density at radius 3 is 2.79 bits per heavy atom. The van der Waals surface area contributed by atoms with Crippen molar-refractivity contribution in [3.8, 4) is 0 Å². The number of hydrogen-bond donors (Lipinski definition) is 1. The molecule has 0 aliphatic carbocycles. The molecule has 0 saturated carbocycles. The van der Waals surface area contributed by atoms with Crippen LogP contribution in [-0.4, -0.2) is 17.0 Å². The number of nitrogens with one attached hydrogen (secondary N) is 1. The third-order valence-corrected chi connectivity index (χ3v) is 4.97. The lowest BCUT2D eigenvalue weighted by Gasteiger charge is -2.18. The highest BCUT2D eigenvalue weighted by Gasteiger charge is 2.25. The predicted molar refractivity (Wildman–Crippen MR) is 82.5 cm³/mol. The number of halogens is 1. The first-order chi connectivity index (χ1) is 9.13. The van der Waals surface area contributed by atoms with Gasteiger partial charge in [0.1, 0.15) is 5.82 Å². The molecule has 0 aromatic heterocycles. The summed E-state index contributed by atoms with van der Waals surface area (Å²) in [6.45, 7) is 7.10. The van der Waals surface area contributed by atoms with E-state index >= 15 is 0 Å². The second-order valence-electron chi connectivity index (χ2n) is 4.97. The molecule has 0 bridgehead atoms. The summed E-state index contributed by atoms with van der Waals surface area (Å²) in [7, 11) is 0. The SMILES string of the molecule is CCC(CC)C1CN=C(Nc2ccc(C)c(F)c2)S1. The summed E-state index contributed by atoms with van der Waals surface area (Å²) in [5, 5.41) is 4.69. The van der Waals surface area contributed by atoms with Gasteiger partial charge in [-0.1, -0.05) is 44.5 Å². The van der Waals surface area contributed by atoms with Crippen LogP contribution in [0.2, 0.25) is 0 Å². The van der Waals surface area contributed by atoms with Crippen LogP contribution in [0.3, 0.4) is 0 Å². The maximum atomic E-state index is 13.5. The molecule has 1 aliphatic heterocycles. The summed E-state index contributed by atoms with van der Waals surface area (Å²) >= 11 is 1.79. The number of nitrogens with zero attached hydrogens (tertiary/aromatic N) is 1. The van der Waals surface area contributed by atoms with Gasteiger partial charge in [-0.25, -0.2) is 4.39 Å². The Bertz CT molecular complexity index is 469. The second kappa shape index (κ2) is 6.42. The van der Waals surface area contributed by atoms with Crippen molar-refractivity contribution in [1.29, 1.82) is 0 Å². The zero-order valence-corrected chi connectivity index (χ0v) is 12.6. The van der Waals surface area contributed by atoms with Crippen molar-refractivity contribution in [1.82, 2.24) is 0 Å². The van der Waals surface area contributed by atoms with Crippen molar-refractivity contribution in [2.75, 3.05) is 11.9 Å². The Hall–Kier alpha value is -1.03. The summed E-state index contributed by atoms with van der Waals surface area (Å²) in [4.78, 5) is 4.53. The van der Waals surface area contributed by atoms with Crippen LogP contribution in [0.15, 0.2) is 23.2 Å². The summed E-state index contributed by atoms with van der Waals surface area (Å²) in [6, 6.07) is 5.21. The largest absolute Gasteiger partial charge is 0.335 e. The molecule has 2 rings (SSSR count). The molecular weight excluding hydrogens is 259 g/mol. The third kappa shape index (κ3) is 3.50. The van der Waals surface area contributed by atoms with Crippen LogP contribution in [0, 0.1) is 18.7 Å². The van der Waals surface area contributed by atoms with E-state index in [0.717, 1.165) is 17.4 Å². The number of hydrogen-bond acceptors (Lipinski definition) is 3. The topological polar surface area (TPSA) is 24.4 Å². The molecule has 1 N–H and O–H groups in total. The first-order valence-electron chi connectivity index (χ1n) is 6.88. The van der Waals surface area contributed by atoms with Crippen molar-refractivity contribution >= 4 is 22.6 Å². The van der Waals surface area contributed by atoms with E-state index in [0.29, 0.717) is 16.7 Å². The Labute approximate surface area is 118 Å². The van der Waals surface area contributed by atoms with E-state index in [1.165, 1.54) is 18.9 Å². The minimum Gasteiger partial charge on any atom is -0.335 e. The van der Waals surface area contributed by atoms with Gasteiger partial charge in [0.15, 0.2) is 5.17 Å². The molecule has 0 spiro atoms. The van der Waals surface area contributed by atoms with Gasteiger partial charge in [0.05, 0.1) is 6.54 Å². The van der Waals surface area contributed by atoms with E-state index in [4.69, 9.17) is 0 Å². The highest BCUT2D eigenvalue weighted by molar-refractivity contribution is 8.15. The molecule has 1 aliphatic rings. The van der Waals surface area contributed by atoms with Gasteiger partial charge in [-0.3, -0.25) is 4.99 Å². The molecule has 2 nitrogen and oxygen atoms in total.